The van der Waals surface area contributed by atoms with E-state index in [0.717, 1.165) is 36.8 Å². The van der Waals surface area contributed by atoms with Crippen LogP contribution in [0.5, 0.6) is 5.75 Å². The molecule has 3 atom stereocenters. The second-order valence-electron chi connectivity index (χ2n) is 8.09. The van der Waals surface area contributed by atoms with E-state index in [2.05, 4.69) is 5.32 Å². The number of methoxy groups -OCH3 is 1. The van der Waals surface area contributed by atoms with E-state index in [-0.39, 0.29) is 37.5 Å². The van der Waals surface area contributed by atoms with Crippen molar-refractivity contribution in [3.05, 3.63) is 65.7 Å². The summed E-state index contributed by atoms with van der Waals surface area (Å²) < 4.78 is 10.6. The molecule has 0 spiro atoms. The van der Waals surface area contributed by atoms with Gasteiger partial charge in [-0.3, -0.25) is 4.79 Å². The molecule has 32 heavy (non-hydrogen) atoms. The molecule has 0 aliphatic heterocycles. The summed E-state index contributed by atoms with van der Waals surface area (Å²) in [6.07, 6.45) is 3.61. The lowest BCUT2D eigenvalue weighted by Gasteiger charge is -2.33. The fraction of sp³-hybridized carbons (Fsp3) is 0.417. The second-order valence-corrected chi connectivity index (χ2v) is 8.09. The fourth-order valence-corrected chi connectivity index (χ4v) is 3.80. The number of nitrogens with two attached hydrogens (primary N) is 2. The van der Waals surface area contributed by atoms with Crippen LogP contribution in [0.4, 0.5) is 0 Å². The molecule has 0 aromatic heterocycles. The zero-order valence-electron chi connectivity index (χ0n) is 18.3. The van der Waals surface area contributed by atoms with Gasteiger partial charge in [0.25, 0.3) is 5.91 Å². The molecule has 0 heterocycles. The van der Waals surface area contributed by atoms with Gasteiger partial charge in [-0.15, -0.1) is 12.4 Å². The van der Waals surface area contributed by atoms with Gasteiger partial charge in [0, 0.05) is 18.5 Å². The third-order valence-electron chi connectivity index (χ3n) is 5.76. The van der Waals surface area contributed by atoms with Crippen molar-refractivity contribution in [1.82, 2.24) is 5.32 Å². The first kappa shape index (κ1) is 25.6. The minimum atomic E-state index is -1.87. The highest BCUT2D eigenvalue weighted by atomic mass is 35.5. The number of carbonyl (C=O) groups excluding carboxylic acids is 2. The van der Waals surface area contributed by atoms with Gasteiger partial charge in [-0.1, -0.05) is 55.3 Å². The number of rotatable bonds is 8. The van der Waals surface area contributed by atoms with Crippen molar-refractivity contribution in [2.45, 2.75) is 56.3 Å². The molecule has 1 aliphatic carbocycles. The average Bonchev–Trinajstić information content (AvgIpc) is 2.80. The molecule has 1 saturated carbocycles. The van der Waals surface area contributed by atoms with Crippen LogP contribution < -0.4 is 21.5 Å². The van der Waals surface area contributed by atoms with E-state index in [1.54, 1.807) is 31.4 Å². The Labute approximate surface area is 195 Å². The number of nitrogens with one attached hydrogen (secondary N) is 1. The molecule has 7 nitrogen and oxygen atoms in total. The van der Waals surface area contributed by atoms with Crippen LogP contribution in [0.3, 0.4) is 0 Å². The van der Waals surface area contributed by atoms with Gasteiger partial charge in [-0.25, -0.2) is 4.79 Å². The Morgan fingerprint density at radius 1 is 1.03 bits per heavy atom. The van der Waals surface area contributed by atoms with E-state index in [9.17, 15) is 9.59 Å². The lowest BCUT2D eigenvalue weighted by atomic mass is 9.87. The number of benzene rings is 2. The SMILES string of the molecule is COc1ccc(C[C@](N)(C(=O)NC2CCCCC2N)C(=O)OCc2ccccc2)cc1.Cl. The summed E-state index contributed by atoms with van der Waals surface area (Å²) >= 11 is 0. The molecule has 1 amide bonds. The summed E-state index contributed by atoms with van der Waals surface area (Å²) in [6, 6.07) is 16.0. The zero-order valence-corrected chi connectivity index (χ0v) is 19.1. The summed E-state index contributed by atoms with van der Waals surface area (Å²) in [6.45, 7) is 0.0391. The molecule has 5 N–H and O–H groups in total. The van der Waals surface area contributed by atoms with Crippen molar-refractivity contribution in [3.63, 3.8) is 0 Å². The smallest absolute Gasteiger partial charge is 0.336 e. The second kappa shape index (κ2) is 11.9. The Balaban J connectivity index is 0.00000363. The van der Waals surface area contributed by atoms with E-state index in [1.165, 1.54) is 0 Å². The van der Waals surface area contributed by atoms with E-state index in [0.29, 0.717) is 5.75 Å². The minimum Gasteiger partial charge on any atom is -0.497 e. The quantitative estimate of drug-likeness (QED) is 0.410. The largest absolute Gasteiger partial charge is 0.497 e. The fourth-order valence-electron chi connectivity index (χ4n) is 3.80. The molecule has 2 aromatic carbocycles. The van der Waals surface area contributed by atoms with Gasteiger partial charge in [-0.05, 0) is 36.1 Å². The van der Waals surface area contributed by atoms with Crippen molar-refractivity contribution >= 4 is 24.3 Å². The van der Waals surface area contributed by atoms with E-state index in [4.69, 9.17) is 20.9 Å². The Morgan fingerprint density at radius 3 is 2.31 bits per heavy atom. The van der Waals surface area contributed by atoms with E-state index >= 15 is 0 Å². The van der Waals surface area contributed by atoms with Crippen LogP contribution in [-0.2, 0) is 27.4 Å². The van der Waals surface area contributed by atoms with Crippen LogP contribution in [0, 0.1) is 0 Å². The van der Waals surface area contributed by atoms with Gasteiger partial charge in [0.2, 0.25) is 0 Å². The third kappa shape index (κ3) is 6.45. The van der Waals surface area contributed by atoms with Crippen LogP contribution in [0.2, 0.25) is 0 Å². The molecular weight excluding hydrogens is 430 g/mol. The van der Waals surface area contributed by atoms with Gasteiger partial charge in [-0.2, -0.15) is 0 Å². The molecule has 0 bridgehead atoms. The number of halogens is 1. The Bertz CT molecular complexity index is 879. The molecule has 2 aromatic rings. The van der Waals surface area contributed by atoms with Crippen molar-refractivity contribution in [3.8, 4) is 5.75 Å². The normalized spacial score (nSPS) is 19.7. The summed E-state index contributed by atoms with van der Waals surface area (Å²) in [5, 5.41) is 2.92. The highest BCUT2D eigenvalue weighted by Gasteiger charge is 2.45. The Kier molecular flexibility index (Phi) is 9.50. The first-order valence-electron chi connectivity index (χ1n) is 10.6. The molecule has 174 valence electrons. The maximum atomic E-state index is 13.2. The van der Waals surface area contributed by atoms with Crippen LogP contribution >= 0.6 is 12.4 Å². The van der Waals surface area contributed by atoms with Crippen molar-refractivity contribution < 1.29 is 19.1 Å². The number of carbonyl (C=O) groups is 2. The molecule has 0 saturated heterocycles. The third-order valence-corrected chi connectivity index (χ3v) is 5.76. The summed E-state index contributed by atoms with van der Waals surface area (Å²) in [5.41, 5.74) is 12.3. The zero-order chi connectivity index (χ0) is 22.3. The van der Waals surface area contributed by atoms with Gasteiger partial charge in [0.15, 0.2) is 5.54 Å². The van der Waals surface area contributed by atoms with Crippen LogP contribution in [0.25, 0.3) is 0 Å². The molecular formula is C24H32ClN3O4. The molecule has 2 unspecified atom stereocenters. The number of hydrogen-bond donors (Lipinski definition) is 3. The highest BCUT2D eigenvalue weighted by molar-refractivity contribution is 6.07. The topological polar surface area (TPSA) is 117 Å². The predicted molar refractivity (Wildman–Crippen MR) is 125 cm³/mol. The predicted octanol–water partition coefficient (Wildman–Crippen LogP) is 2.49. The van der Waals surface area contributed by atoms with Crippen LogP contribution in [-0.4, -0.2) is 36.6 Å². The first-order valence-corrected chi connectivity index (χ1v) is 10.6. The van der Waals surface area contributed by atoms with Crippen molar-refractivity contribution in [1.29, 1.82) is 0 Å². The van der Waals surface area contributed by atoms with E-state index < -0.39 is 17.4 Å². The first-order chi connectivity index (χ1) is 14.9. The molecule has 8 heteroatoms. The summed E-state index contributed by atoms with van der Waals surface area (Å²) in [5.74, 6) is -0.659. The number of ether oxygens (including phenoxy) is 2. The Morgan fingerprint density at radius 2 is 1.69 bits per heavy atom. The van der Waals surface area contributed by atoms with Crippen molar-refractivity contribution in [2.75, 3.05) is 7.11 Å². The maximum Gasteiger partial charge on any atom is 0.336 e. The van der Waals surface area contributed by atoms with Gasteiger partial charge >= 0.3 is 5.97 Å². The monoisotopic (exact) mass is 461 g/mol. The van der Waals surface area contributed by atoms with Gasteiger partial charge < -0.3 is 26.3 Å². The maximum absolute atomic E-state index is 13.2. The highest BCUT2D eigenvalue weighted by Crippen LogP contribution is 2.21. The average molecular weight is 462 g/mol. The summed E-state index contributed by atoms with van der Waals surface area (Å²) in [7, 11) is 1.57. The van der Waals surface area contributed by atoms with Crippen LogP contribution in [0.1, 0.15) is 36.8 Å². The lowest BCUT2D eigenvalue weighted by molar-refractivity contribution is -0.156. The standard InChI is InChI=1S/C24H31N3O4.ClH/c1-30-19-13-11-17(12-14-19)15-24(26,22(28)27-21-10-6-5-9-20(21)25)23(29)31-16-18-7-3-2-4-8-18;/h2-4,7-8,11-14,20-21H,5-6,9-10,15-16,25-26H2,1H3,(H,27,28);1H/t20?,21?,24-;/m0./s1. The molecule has 3 rings (SSSR count). The summed E-state index contributed by atoms with van der Waals surface area (Å²) in [4.78, 5) is 26.3. The number of hydrogen-bond acceptors (Lipinski definition) is 6. The number of amides is 1. The molecule has 1 fully saturated rings. The molecule has 0 radical (unpaired) electrons. The molecule has 1 aliphatic rings. The number of esters is 1. The van der Waals surface area contributed by atoms with Crippen molar-refractivity contribution in [2.24, 2.45) is 11.5 Å². The van der Waals surface area contributed by atoms with Crippen LogP contribution in [0.15, 0.2) is 54.6 Å². The van der Waals surface area contributed by atoms with Gasteiger partial charge in [0.05, 0.1) is 7.11 Å². The lowest BCUT2D eigenvalue weighted by Crippen LogP contribution is -2.64. The minimum absolute atomic E-state index is 0. The Hall–Kier alpha value is -2.61. The van der Waals surface area contributed by atoms with Gasteiger partial charge in [0.1, 0.15) is 12.4 Å². The van der Waals surface area contributed by atoms with E-state index in [1.807, 2.05) is 30.3 Å².